The summed E-state index contributed by atoms with van der Waals surface area (Å²) in [6.07, 6.45) is 1.47. The molecule has 0 aliphatic carbocycles. The Kier molecular flexibility index (Phi) is 3.57. The Hall–Kier alpha value is -2.23. The van der Waals surface area contributed by atoms with Gasteiger partial charge in [-0.2, -0.15) is 0 Å². The number of hydrogen-bond donors (Lipinski definition) is 2. The number of carbonyl (C=O) groups is 1. The van der Waals surface area contributed by atoms with Crippen LogP contribution in [0.15, 0.2) is 34.9 Å². The zero-order valence-electron chi connectivity index (χ0n) is 12.2. The molecule has 2 aromatic rings. The number of nitrogens with one attached hydrogen (secondary N) is 1. The molecule has 0 bridgehead atoms. The van der Waals surface area contributed by atoms with Gasteiger partial charge in [0.1, 0.15) is 11.5 Å². The van der Waals surface area contributed by atoms with E-state index < -0.39 is 0 Å². The van der Waals surface area contributed by atoms with E-state index in [1.807, 2.05) is 6.07 Å². The Morgan fingerprint density at radius 2 is 1.95 bits per heavy atom. The summed E-state index contributed by atoms with van der Waals surface area (Å²) in [5, 5.41) is 12.6. The molecule has 106 valence electrons. The predicted octanol–water partition coefficient (Wildman–Crippen LogP) is 3.84. The number of rotatable bonds is 2. The highest BCUT2D eigenvalue weighted by atomic mass is 16.3. The third-order valence-corrected chi connectivity index (χ3v) is 3.21. The van der Waals surface area contributed by atoms with Crippen LogP contribution in [-0.2, 0) is 5.41 Å². The first kappa shape index (κ1) is 14.2. The lowest BCUT2D eigenvalue weighted by atomic mass is 9.87. The lowest BCUT2D eigenvalue weighted by Gasteiger charge is -2.20. The molecule has 0 saturated carbocycles. The first-order chi connectivity index (χ1) is 9.29. The molecule has 0 fully saturated rings. The zero-order valence-corrected chi connectivity index (χ0v) is 12.2. The largest absolute Gasteiger partial charge is 0.506 e. The third kappa shape index (κ3) is 2.85. The average Bonchev–Trinajstić information content (AvgIpc) is 2.77. The van der Waals surface area contributed by atoms with Crippen molar-refractivity contribution < 1.29 is 14.3 Å². The van der Waals surface area contributed by atoms with E-state index in [2.05, 4.69) is 26.1 Å². The number of aromatic hydroxyl groups is 1. The Balaban J connectivity index is 2.30. The molecule has 0 radical (unpaired) electrons. The molecule has 1 heterocycles. The fourth-order valence-corrected chi connectivity index (χ4v) is 1.91. The molecule has 4 heteroatoms. The minimum atomic E-state index is -0.294. The van der Waals surface area contributed by atoms with Crippen molar-refractivity contribution in [1.29, 1.82) is 0 Å². The van der Waals surface area contributed by atoms with Crippen molar-refractivity contribution in [1.82, 2.24) is 0 Å². The number of hydrogen-bond acceptors (Lipinski definition) is 3. The molecule has 0 unspecified atom stereocenters. The van der Waals surface area contributed by atoms with Gasteiger partial charge in [-0.05, 0) is 36.1 Å². The number of phenols is 1. The summed E-state index contributed by atoms with van der Waals surface area (Å²) >= 11 is 0. The first-order valence-corrected chi connectivity index (χ1v) is 6.48. The van der Waals surface area contributed by atoms with Crippen molar-refractivity contribution in [3.8, 4) is 5.75 Å². The molecule has 1 amide bonds. The van der Waals surface area contributed by atoms with Crippen molar-refractivity contribution >= 4 is 11.6 Å². The smallest absolute Gasteiger partial charge is 0.259 e. The van der Waals surface area contributed by atoms with Gasteiger partial charge in [0.05, 0.1) is 17.5 Å². The first-order valence-electron chi connectivity index (χ1n) is 6.48. The van der Waals surface area contributed by atoms with Crippen LogP contribution < -0.4 is 5.32 Å². The van der Waals surface area contributed by atoms with E-state index in [1.54, 1.807) is 25.1 Å². The summed E-state index contributed by atoms with van der Waals surface area (Å²) in [6.45, 7) is 7.95. The van der Waals surface area contributed by atoms with Crippen molar-refractivity contribution in [2.75, 3.05) is 5.32 Å². The molecule has 1 aromatic heterocycles. The highest BCUT2D eigenvalue weighted by Crippen LogP contribution is 2.31. The zero-order chi connectivity index (χ0) is 14.9. The van der Waals surface area contributed by atoms with E-state index in [4.69, 9.17) is 4.42 Å². The molecule has 20 heavy (non-hydrogen) atoms. The normalized spacial score (nSPS) is 11.4. The quantitative estimate of drug-likeness (QED) is 0.817. The molecule has 0 atom stereocenters. The van der Waals surface area contributed by atoms with Crippen LogP contribution in [0.3, 0.4) is 0 Å². The fraction of sp³-hybridized carbons (Fsp3) is 0.312. The van der Waals surface area contributed by atoms with Crippen LogP contribution in [0.4, 0.5) is 5.69 Å². The second-order valence-corrected chi connectivity index (χ2v) is 5.83. The SMILES string of the molecule is Cc1occc1C(=O)Nc1cc(C(C)(C)C)ccc1O. The molecule has 4 nitrogen and oxygen atoms in total. The predicted molar refractivity (Wildman–Crippen MR) is 78.2 cm³/mol. The van der Waals surface area contributed by atoms with E-state index in [9.17, 15) is 9.90 Å². The van der Waals surface area contributed by atoms with E-state index in [-0.39, 0.29) is 17.1 Å². The highest BCUT2D eigenvalue weighted by Gasteiger charge is 2.18. The minimum absolute atomic E-state index is 0.0486. The molecule has 0 aliphatic heterocycles. The lowest BCUT2D eigenvalue weighted by molar-refractivity contribution is 0.102. The number of amides is 1. The second kappa shape index (κ2) is 5.04. The summed E-state index contributed by atoms with van der Waals surface area (Å²) < 4.78 is 5.11. The number of furan rings is 1. The fourth-order valence-electron chi connectivity index (χ4n) is 1.91. The van der Waals surface area contributed by atoms with E-state index >= 15 is 0 Å². The summed E-state index contributed by atoms with van der Waals surface area (Å²) in [4.78, 5) is 12.1. The van der Waals surface area contributed by atoms with Gasteiger partial charge < -0.3 is 14.8 Å². The molecular formula is C16H19NO3. The number of carbonyl (C=O) groups excluding carboxylic acids is 1. The maximum atomic E-state index is 12.1. The maximum absolute atomic E-state index is 12.1. The molecule has 2 rings (SSSR count). The lowest BCUT2D eigenvalue weighted by Crippen LogP contribution is -2.15. The van der Waals surface area contributed by atoms with Gasteiger partial charge in [-0.3, -0.25) is 4.79 Å². The van der Waals surface area contributed by atoms with Crippen LogP contribution >= 0.6 is 0 Å². The second-order valence-electron chi connectivity index (χ2n) is 5.83. The van der Waals surface area contributed by atoms with Gasteiger partial charge in [-0.25, -0.2) is 0 Å². The maximum Gasteiger partial charge on any atom is 0.259 e. The molecule has 1 aromatic carbocycles. The van der Waals surface area contributed by atoms with Crippen LogP contribution in [0, 0.1) is 6.92 Å². The summed E-state index contributed by atoms with van der Waals surface area (Å²) in [5.74, 6) is 0.305. The summed E-state index contributed by atoms with van der Waals surface area (Å²) in [7, 11) is 0. The molecule has 2 N–H and O–H groups in total. The van der Waals surface area contributed by atoms with Gasteiger partial charge >= 0.3 is 0 Å². The van der Waals surface area contributed by atoms with Crippen molar-refractivity contribution in [2.45, 2.75) is 33.1 Å². The Morgan fingerprint density at radius 1 is 1.25 bits per heavy atom. The van der Waals surface area contributed by atoms with Crippen LogP contribution in [-0.4, -0.2) is 11.0 Å². The van der Waals surface area contributed by atoms with Gasteiger partial charge in [0.2, 0.25) is 0 Å². The van der Waals surface area contributed by atoms with Gasteiger partial charge in [-0.15, -0.1) is 0 Å². The molecule has 0 spiro atoms. The number of anilines is 1. The van der Waals surface area contributed by atoms with Gasteiger partial charge in [0, 0.05) is 0 Å². The van der Waals surface area contributed by atoms with E-state index in [0.717, 1.165) is 5.56 Å². The summed E-state index contributed by atoms with van der Waals surface area (Å²) in [6, 6.07) is 6.85. The Morgan fingerprint density at radius 3 is 2.50 bits per heavy atom. The van der Waals surface area contributed by atoms with Crippen LogP contribution in [0.25, 0.3) is 0 Å². The number of aryl methyl sites for hydroxylation is 1. The Bertz CT molecular complexity index is 635. The third-order valence-electron chi connectivity index (χ3n) is 3.21. The van der Waals surface area contributed by atoms with Crippen molar-refractivity contribution in [2.24, 2.45) is 0 Å². The van der Waals surface area contributed by atoms with Gasteiger partial charge in [0.15, 0.2) is 0 Å². The van der Waals surface area contributed by atoms with Gasteiger partial charge in [0.25, 0.3) is 5.91 Å². The van der Waals surface area contributed by atoms with Crippen molar-refractivity contribution in [3.05, 3.63) is 47.4 Å². The van der Waals surface area contributed by atoms with Crippen LogP contribution in [0.2, 0.25) is 0 Å². The van der Waals surface area contributed by atoms with E-state index in [1.165, 1.54) is 6.26 Å². The number of phenolic OH excluding ortho intramolecular Hbond substituents is 1. The van der Waals surface area contributed by atoms with Crippen molar-refractivity contribution in [3.63, 3.8) is 0 Å². The van der Waals surface area contributed by atoms with Crippen LogP contribution in [0.5, 0.6) is 5.75 Å². The molecular weight excluding hydrogens is 254 g/mol. The molecule has 0 aliphatic rings. The number of benzene rings is 1. The standard InChI is InChI=1S/C16H19NO3/c1-10-12(7-8-20-10)15(19)17-13-9-11(16(2,3)4)5-6-14(13)18/h5-9,18H,1-4H3,(H,17,19). The Labute approximate surface area is 118 Å². The topological polar surface area (TPSA) is 62.5 Å². The summed E-state index contributed by atoms with van der Waals surface area (Å²) in [5.41, 5.74) is 1.85. The monoisotopic (exact) mass is 273 g/mol. The van der Waals surface area contributed by atoms with E-state index in [0.29, 0.717) is 17.0 Å². The van der Waals surface area contributed by atoms with Gasteiger partial charge in [-0.1, -0.05) is 26.8 Å². The molecule has 0 saturated heterocycles. The highest BCUT2D eigenvalue weighted by molar-refractivity contribution is 6.05. The minimum Gasteiger partial charge on any atom is -0.506 e. The van der Waals surface area contributed by atoms with Crippen LogP contribution in [0.1, 0.15) is 42.5 Å². The average molecular weight is 273 g/mol.